The van der Waals surface area contributed by atoms with Gasteiger partial charge in [-0.3, -0.25) is 0 Å². The second-order valence-corrected chi connectivity index (χ2v) is 1.45. The predicted octanol–water partition coefficient (Wildman–Crippen LogP) is -0.978. The van der Waals surface area contributed by atoms with E-state index in [1.54, 1.807) is 0 Å². The second-order valence-electron chi connectivity index (χ2n) is 1.45. The normalized spacial score (nSPS) is 9.78. The summed E-state index contributed by atoms with van der Waals surface area (Å²) in [7, 11) is 10.0. The summed E-state index contributed by atoms with van der Waals surface area (Å²) in [6, 6.07) is 0. The minimum absolute atomic E-state index is 0.0315. The van der Waals surface area contributed by atoms with Crippen molar-refractivity contribution in [2.75, 3.05) is 6.61 Å². The Morgan fingerprint density at radius 3 is 2.56 bits per heavy atom. The van der Waals surface area contributed by atoms with Crippen molar-refractivity contribution < 1.29 is 5.11 Å². The third kappa shape index (κ3) is 3.91. The maximum absolute atomic E-state index is 8.22. The zero-order valence-corrected chi connectivity index (χ0v) is 4.96. The first-order chi connectivity index (χ1) is 4.18. The van der Waals surface area contributed by atoms with Gasteiger partial charge >= 0.3 is 55.7 Å². The van der Waals surface area contributed by atoms with E-state index in [-0.39, 0.29) is 17.7 Å². The van der Waals surface area contributed by atoms with Crippen LogP contribution >= 0.6 is 0 Å². The standard InChI is InChI=1S/C5H6B2NO/c6-5(7)4(8)2-1-3-9/h1-2,8-9H,3H2. The Morgan fingerprint density at radius 2 is 2.22 bits per heavy atom. The van der Waals surface area contributed by atoms with Gasteiger partial charge in [-0.1, -0.05) is 0 Å². The van der Waals surface area contributed by atoms with Crippen molar-refractivity contribution in [1.29, 1.82) is 5.41 Å². The Morgan fingerprint density at radius 1 is 1.67 bits per heavy atom. The van der Waals surface area contributed by atoms with E-state index in [4.69, 9.17) is 25.8 Å². The number of hydrogen-bond acceptors (Lipinski definition) is 2. The van der Waals surface area contributed by atoms with Gasteiger partial charge in [-0.2, -0.15) is 0 Å². The molecule has 0 aliphatic heterocycles. The molecule has 9 heavy (non-hydrogen) atoms. The van der Waals surface area contributed by atoms with E-state index in [0.29, 0.717) is 0 Å². The molecule has 0 saturated carbocycles. The van der Waals surface area contributed by atoms with Crippen molar-refractivity contribution in [3.8, 4) is 0 Å². The summed E-state index contributed by atoms with van der Waals surface area (Å²) in [5.74, 6) is 0. The van der Waals surface area contributed by atoms with Gasteiger partial charge in [-0.15, -0.1) is 0 Å². The van der Waals surface area contributed by atoms with E-state index < -0.39 is 0 Å². The van der Waals surface area contributed by atoms with Crippen LogP contribution in [0.2, 0.25) is 0 Å². The number of rotatable bonds is 3. The quantitative estimate of drug-likeness (QED) is 0.363. The molecule has 0 heterocycles. The molecule has 2 nitrogen and oxygen atoms in total. The molecule has 0 bridgehead atoms. The van der Waals surface area contributed by atoms with Crippen LogP contribution in [0.25, 0.3) is 0 Å². The predicted molar refractivity (Wildman–Crippen MR) is 40.5 cm³/mol. The molecule has 0 aliphatic carbocycles. The molecule has 0 fully saturated rings. The third-order valence-corrected chi connectivity index (χ3v) is 0.701. The molecule has 0 rings (SSSR count). The molecule has 0 atom stereocenters. The van der Waals surface area contributed by atoms with Gasteiger partial charge in [0.15, 0.2) is 0 Å². The molecule has 0 unspecified atom stereocenters. The van der Waals surface area contributed by atoms with Crippen LogP contribution in [0.3, 0.4) is 0 Å². The summed E-state index contributed by atoms with van der Waals surface area (Å²) >= 11 is 0. The van der Waals surface area contributed by atoms with E-state index in [1.807, 2.05) is 0 Å². The number of aliphatic hydroxyl groups is 1. The zero-order valence-electron chi connectivity index (χ0n) is 4.96. The SMILES string of the molecule is [B]C(=[B])C(=N)C=CCO. The van der Waals surface area contributed by atoms with Crippen LogP contribution in [-0.4, -0.2) is 38.1 Å². The third-order valence-electron chi connectivity index (χ3n) is 0.701. The fourth-order valence-electron chi connectivity index (χ4n) is 0.267. The average molecular weight is 118 g/mol. The van der Waals surface area contributed by atoms with Gasteiger partial charge in [0.1, 0.15) is 0 Å². The molecule has 0 spiro atoms. The zero-order chi connectivity index (χ0) is 7.28. The molecule has 0 amide bonds. The van der Waals surface area contributed by atoms with E-state index in [0.717, 1.165) is 0 Å². The van der Waals surface area contributed by atoms with Crippen molar-refractivity contribution in [1.82, 2.24) is 0 Å². The molecule has 0 saturated heterocycles. The van der Waals surface area contributed by atoms with E-state index in [9.17, 15) is 0 Å². The van der Waals surface area contributed by atoms with Crippen LogP contribution in [0, 0.1) is 5.41 Å². The monoisotopic (exact) mass is 118 g/mol. The first-order valence-corrected chi connectivity index (χ1v) is 2.42. The van der Waals surface area contributed by atoms with Crippen LogP contribution in [0.15, 0.2) is 12.2 Å². The van der Waals surface area contributed by atoms with Gasteiger partial charge in [-0.05, 0) is 0 Å². The van der Waals surface area contributed by atoms with Crippen LogP contribution in [0.5, 0.6) is 0 Å². The Hall–Kier alpha value is -0.630. The second kappa shape index (κ2) is 4.27. The van der Waals surface area contributed by atoms with Gasteiger partial charge in [0, 0.05) is 0 Å². The first-order valence-electron chi connectivity index (χ1n) is 2.42. The molecule has 3 radical (unpaired) electrons. The van der Waals surface area contributed by atoms with Crippen molar-refractivity contribution in [3.63, 3.8) is 0 Å². The summed E-state index contributed by atoms with van der Waals surface area (Å²) < 4.78 is 0. The average Bonchev–Trinajstić information content (AvgIpc) is 1.82. The van der Waals surface area contributed by atoms with Crippen LogP contribution in [0.1, 0.15) is 0 Å². The Kier molecular flexibility index (Phi) is 3.97. The molecule has 0 aromatic heterocycles. The van der Waals surface area contributed by atoms with Gasteiger partial charge in [0.2, 0.25) is 0 Å². The van der Waals surface area contributed by atoms with Gasteiger partial charge in [-0.25, -0.2) is 0 Å². The van der Waals surface area contributed by atoms with Gasteiger partial charge < -0.3 is 0 Å². The number of hydrogen-bond donors (Lipinski definition) is 2. The molecule has 43 valence electrons. The fourth-order valence-corrected chi connectivity index (χ4v) is 0.267. The molecule has 4 heteroatoms. The molecule has 0 aromatic carbocycles. The van der Waals surface area contributed by atoms with E-state index in [1.165, 1.54) is 12.2 Å². The Balaban J connectivity index is 3.77. The number of allylic oxidation sites excluding steroid dienone is 1. The van der Waals surface area contributed by atoms with Crippen LogP contribution in [-0.2, 0) is 0 Å². The Bertz CT molecular complexity index is 153. The van der Waals surface area contributed by atoms with Crippen molar-refractivity contribution in [2.24, 2.45) is 0 Å². The first kappa shape index (κ1) is 8.37. The number of aliphatic hydroxyl groups excluding tert-OH is 1. The topological polar surface area (TPSA) is 44.1 Å². The summed E-state index contributed by atoms with van der Waals surface area (Å²) in [5.41, 5.74) is 0.0315. The fraction of sp³-hybridized carbons (Fsp3) is 0.200. The van der Waals surface area contributed by atoms with Crippen molar-refractivity contribution >= 4 is 26.4 Å². The summed E-state index contributed by atoms with van der Waals surface area (Å²) in [6.07, 6.45) is 2.73. The van der Waals surface area contributed by atoms with E-state index in [2.05, 4.69) is 0 Å². The molecular weight excluding hydrogens is 112 g/mol. The molecular formula is C5H6B2NO. The van der Waals surface area contributed by atoms with Crippen molar-refractivity contribution in [3.05, 3.63) is 12.2 Å². The van der Waals surface area contributed by atoms with Crippen molar-refractivity contribution in [2.45, 2.75) is 0 Å². The van der Waals surface area contributed by atoms with Crippen LogP contribution in [0.4, 0.5) is 0 Å². The van der Waals surface area contributed by atoms with E-state index >= 15 is 0 Å². The molecule has 0 aliphatic rings. The summed E-state index contributed by atoms with van der Waals surface area (Å²) in [5, 5.41) is 15.1. The number of nitrogens with one attached hydrogen (secondary N) is 1. The molecule has 0 aromatic rings. The maximum atomic E-state index is 8.22. The summed E-state index contributed by atoms with van der Waals surface area (Å²) in [6.45, 7) is -0.102. The summed E-state index contributed by atoms with van der Waals surface area (Å²) in [4.78, 5) is 0. The Labute approximate surface area is 56.6 Å². The van der Waals surface area contributed by atoms with Gasteiger partial charge in [0.25, 0.3) is 0 Å². The van der Waals surface area contributed by atoms with Crippen LogP contribution < -0.4 is 0 Å². The van der Waals surface area contributed by atoms with Gasteiger partial charge in [0.05, 0.1) is 0 Å². The minimum atomic E-state index is -0.102. The molecule has 2 N–H and O–H groups in total.